The summed E-state index contributed by atoms with van der Waals surface area (Å²) in [5.41, 5.74) is 0. The molecule has 1 atom stereocenters. The number of nitrogens with one attached hydrogen (secondary N) is 1. The molecule has 1 rings (SSSR count). The maximum Gasteiger partial charge on any atom is 0.320 e. The van der Waals surface area contributed by atoms with Crippen LogP contribution >= 0.6 is 0 Å². The maximum atomic E-state index is 11.0. The lowest BCUT2D eigenvalue weighted by Crippen LogP contribution is -2.48. The smallest absolute Gasteiger partial charge is 0.320 e. The van der Waals surface area contributed by atoms with Crippen LogP contribution in [0.15, 0.2) is 0 Å². The van der Waals surface area contributed by atoms with Crippen molar-refractivity contribution in [3.63, 3.8) is 0 Å². The van der Waals surface area contributed by atoms with E-state index in [1.165, 1.54) is 0 Å². The fraction of sp³-hybridized carbons (Fsp3) is 0.917. The molecule has 17 heavy (non-hydrogen) atoms. The highest BCUT2D eigenvalue weighted by Gasteiger charge is 2.19. The molecule has 0 amide bonds. The molecule has 0 aromatic heterocycles. The molecule has 100 valence electrons. The third-order valence-electron chi connectivity index (χ3n) is 3.39. The van der Waals surface area contributed by atoms with Gasteiger partial charge in [-0.1, -0.05) is 13.8 Å². The SMILES string of the molecule is CCNC(CCN1CCN(CC)CC1)C(=O)O. The fourth-order valence-electron chi connectivity index (χ4n) is 2.20. The zero-order chi connectivity index (χ0) is 12.7. The highest BCUT2D eigenvalue weighted by atomic mass is 16.4. The molecule has 0 aromatic rings. The molecule has 1 fully saturated rings. The molecule has 1 saturated heterocycles. The Morgan fingerprint density at radius 2 is 1.82 bits per heavy atom. The minimum absolute atomic E-state index is 0.399. The van der Waals surface area contributed by atoms with Crippen LogP contribution in [0.5, 0.6) is 0 Å². The number of carboxylic acids is 1. The van der Waals surface area contributed by atoms with Crippen LogP contribution in [-0.2, 0) is 4.79 Å². The molecule has 2 N–H and O–H groups in total. The van der Waals surface area contributed by atoms with Gasteiger partial charge >= 0.3 is 5.97 Å². The van der Waals surface area contributed by atoms with Crippen molar-refractivity contribution in [2.24, 2.45) is 0 Å². The molecule has 1 aliphatic rings. The van der Waals surface area contributed by atoms with Gasteiger partial charge in [-0.15, -0.1) is 0 Å². The monoisotopic (exact) mass is 243 g/mol. The van der Waals surface area contributed by atoms with Crippen molar-refractivity contribution in [1.82, 2.24) is 15.1 Å². The number of aliphatic carboxylic acids is 1. The summed E-state index contributed by atoms with van der Waals surface area (Å²) in [6, 6.07) is -0.399. The summed E-state index contributed by atoms with van der Waals surface area (Å²) in [7, 11) is 0. The topological polar surface area (TPSA) is 55.8 Å². The van der Waals surface area contributed by atoms with Crippen LogP contribution in [-0.4, -0.2) is 72.7 Å². The standard InChI is InChI=1S/C12H25N3O2/c1-3-13-11(12(16)17)5-6-15-9-7-14(4-2)8-10-15/h11,13H,3-10H2,1-2H3,(H,16,17). The number of hydrogen-bond donors (Lipinski definition) is 2. The average Bonchev–Trinajstić information content (AvgIpc) is 2.34. The van der Waals surface area contributed by atoms with E-state index in [1.54, 1.807) is 0 Å². The Morgan fingerprint density at radius 3 is 2.29 bits per heavy atom. The second kappa shape index (κ2) is 7.63. The molecule has 5 heteroatoms. The molecule has 0 radical (unpaired) electrons. The van der Waals surface area contributed by atoms with E-state index < -0.39 is 12.0 Å². The van der Waals surface area contributed by atoms with Crippen molar-refractivity contribution in [3.8, 4) is 0 Å². The first-order valence-electron chi connectivity index (χ1n) is 6.58. The van der Waals surface area contributed by atoms with E-state index in [9.17, 15) is 4.79 Å². The van der Waals surface area contributed by atoms with Crippen LogP contribution in [0.2, 0.25) is 0 Å². The van der Waals surface area contributed by atoms with Gasteiger partial charge in [-0.2, -0.15) is 0 Å². The number of nitrogens with zero attached hydrogens (tertiary/aromatic N) is 2. The largest absolute Gasteiger partial charge is 0.480 e. The van der Waals surface area contributed by atoms with Gasteiger partial charge in [-0.3, -0.25) is 4.79 Å². The van der Waals surface area contributed by atoms with E-state index in [1.807, 2.05) is 6.92 Å². The van der Waals surface area contributed by atoms with Crippen LogP contribution in [0.3, 0.4) is 0 Å². The Hall–Kier alpha value is -0.650. The minimum atomic E-state index is -0.737. The first-order valence-corrected chi connectivity index (χ1v) is 6.58. The lowest BCUT2D eigenvalue weighted by Gasteiger charge is -2.34. The molecule has 5 nitrogen and oxygen atoms in total. The zero-order valence-electron chi connectivity index (χ0n) is 11.0. The summed E-state index contributed by atoms with van der Waals surface area (Å²) >= 11 is 0. The minimum Gasteiger partial charge on any atom is -0.480 e. The molecule has 0 aromatic carbocycles. The van der Waals surface area contributed by atoms with Crippen molar-refractivity contribution in [2.75, 3.05) is 45.8 Å². The lowest BCUT2D eigenvalue weighted by molar-refractivity contribution is -0.139. The molecular weight excluding hydrogens is 218 g/mol. The van der Waals surface area contributed by atoms with Gasteiger partial charge in [0.05, 0.1) is 0 Å². The van der Waals surface area contributed by atoms with Crippen molar-refractivity contribution in [2.45, 2.75) is 26.3 Å². The quantitative estimate of drug-likeness (QED) is 0.663. The Morgan fingerprint density at radius 1 is 1.24 bits per heavy atom. The summed E-state index contributed by atoms with van der Waals surface area (Å²) in [6.07, 6.45) is 0.690. The average molecular weight is 243 g/mol. The summed E-state index contributed by atoms with van der Waals surface area (Å²) in [4.78, 5) is 15.8. The molecular formula is C12H25N3O2. The highest BCUT2D eigenvalue weighted by Crippen LogP contribution is 2.03. The maximum absolute atomic E-state index is 11.0. The Kier molecular flexibility index (Phi) is 6.47. The van der Waals surface area contributed by atoms with Crippen molar-refractivity contribution >= 4 is 5.97 Å². The van der Waals surface area contributed by atoms with E-state index in [2.05, 4.69) is 22.0 Å². The number of hydrogen-bond acceptors (Lipinski definition) is 4. The van der Waals surface area contributed by atoms with Crippen LogP contribution in [0.25, 0.3) is 0 Å². The fourth-order valence-corrected chi connectivity index (χ4v) is 2.20. The van der Waals surface area contributed by atoms with Crippen molar-refractivity contribution in [1.29, 1.82) is 0 Å². The number of carboxylic acid groups (broad SMARTS) is 1. The summed E-state index contributed by atoms with van der Waals surface area (Å²) in [5, 5.41) is 12.0. The lowest BCUT2D eigenvalue weighted by atomic mass is 10.2. The molecule has 1 heterocycles. The predicted molar refractivity (Wildman–Crippen MR) is 68.3 cm³/mol. The molecule has 0 aliphatic carbocycles. The van der Waals surface area contributed by atoms with E-state index in [0.29, 0.717) is 13.0 Å². The Labute approximate surface area is 104 Å². The van der Waals surface area contributed by atoms with E-state index >= 15 is 0 Å². The zero-order valence-corrected chi connectivity index (χ0v) is 11.0. The van der Waals surface area contributed by atoms with Gasteiger partial charge < -0.3 is 20.2 Å². The van der Waals surface area contributed by atoms with Gasteiger partial charge in [0.1, 0.15) is 6.04 Å². The van der Waals surface area contributed by atoms with Crippen molar-refractivity contribution < 1.29 is 9.90 Å². The molecule has 0 saturated carbocycles. The van der Waals surface area contributed by atoms with E-state index in [-0.39, 0.29) is 0 Å². The van der Waals surface area contributed by atoms with Crippen LogP contribution in [0.4, 0.5) is 0 Å². The molecule has 0 bridgehead atoms. The summed E-state index contributed by atoms with van der Waals surface area (Å²) < 4.78 is 0. The number of rotatable bonds is 7. The van der Waals surface area contributed by atoms with Gasteiger partial charge in [-0.05, 0) is 19.5 Å². The van der Waals surface area contributed by atoms with Gasteiger partial charge in [0.25, 0.3) is 0 Å². The number of carbonyl (C=O) groups is 1. The molecule has 1 unspecified atom stereocenters. The summed E-state index contributed by atoms with van der Waals surface area (Å²) in [6.45, 7) is 11.2. The second-order valence-electron chi connectivity index (χ2n) is 4.51. The van der Waals surface area contributed by atoms with Crippen molar-refractivity contribution in [3.05, 3.63) is 0 Å². The molecule has 1 aliphatic heterocycles. The van der Waals surface area contributed by atoms with Crippen LogP contribution < -0.4 is 5.32 Å². The van der Waals surface area contributed by atoms with Gasteiger partial charge in [0, 0.05) is 32.7 Å². The molecule has 0 spiro atoms. The van der Waals surface area contributed by atoms with Gasteiger partial charge in [-0.25, -0.2) is 0 Å². The van der Waals surface area contributed by atoms with Crippen LogP contribution in [0.1, 0.15) is 20.3 Å². The van der Waals surface area contributed by atoms with Crippen LogP contribution in [0, 0.1) is 0 Å². The first-order chi connectivity index (χ1) is 8.17. The normalized spacial score (nSPS) is 20.4. The number of piperazine rings is 1. The van der Waals surface area contributed by atoms with E-state index in [0.717, 1.165) is 39.3 Å². The summed E-state index contributed by atoms with van der Waals surface area (Å²) in [5.74, 6) is -0.737. The first kappa shape index (κ1) is 14.4. The Bertz CT molecular complexity index is 228. The number of likely N-dealkylation sites (N-methyl/N-ethyl adjacent to an activating group) is 2. The predicted octanol–water partition coefficient (Wildman–Crippen LogP) is 0.0767. The third kappa shape index (κ3) is 5.02. The van der Waals surface area contributed by atoms with Gasteiger partial charge in [0.15, 0.2) is 0 Å². The second-order valence-corrected chi connectivity index (χ2v) is 4.51. The Balaban J connectivity index is 2.23. The third-order valence-corrected chi connectivity index (χ3v) is 3.39. The van der Waals surface area contributed by atoms with Gasteiger partial charge in [0.2, 0.25) is 0 Å². The highest BCUT2D eigenvalue weighted by molar-refractivity contribution is 5.73. The van der Waals surface area contributed by atoms with E-state index in [4.69, 9.17) is 5.11 Å².